The summed E-state index contributed by atoms with van der Waals surface area (Å²) in [5.41, 5.74) is 1.11. The number of carbonyl (C=O) groups excluding carboxylic acids is 1. The third kappa shape index (κ3) is 3.52. The van der Waals surface area contributed by atoms with Crippen LogP contribution in [0.4, 0.5) is 0 Å². The maximum absolute atomic E-state index is 11.5. The lowest BCUT2D eigenvalue weighted by Crippen LogP contribution is -2.30. The Morgan fingerprint density at radius 3 is 2.44 bits per heavy atom. The Morgan fingerprint density at radius 2 is 2.00 bits per heavy atom. The van der Waals surface area contributed by atoms with Gasteiger partial charge in [0, 0.05) is 13.1 Å². The van der Waals surface area contributed by atoms with Gasteiger partial charge in [-0.3, -0.25) is 4.79 Å². The van der Waals surface area contributed by atoms with E-state index in [1.807, 2.05) is 31.2 Å². The zero-order valence-corrected chi connectivity index (χ0v) is 11.2. The Labute approximate surface area is 105 Å². The predicted octanol–water partition coefficient (Wildman–Crippen LogP) is 2.44. The van der Waals surface area contributed by atoms with Crippen molar-refractivity contribution in [1.29, 1.82) is 0 Å². The Kier molecular flexibility index (Phi) is 5.32. The molecule has 3 nitrogen and oxygen atoms in total. The number of hydrogen-bond donors (Lipinski definition) is 0. The molecule has 0 atom stereocenters. The van der Waals surface area contributed by atoms with Gasteiger partial charge in [-0.1, -0.05) is 28.1 Å². The van der Waals surface area contributed by atoms with Crippen LogP contribution in [0.25, 0.3) is 0 Å². The molecule has 1 amide bonds. The highest BCUT2D eigenvalue weighted by Gasteiger charge is 2.10. The molecule has 0 bridgehead atoms. The molecule has 0 aliphatic rings. The van der Waals surface area contributed by atoms with Gasteiger partial charge in [0.25, 0.3) is 0 Å². The summed E-state index contributed by atoms with van der Waals surface area (Å²) in [5.74, 6) is 0.942. The molecule has 0 N–H and O–H groups in total. The van der Waals surface area contributed by atoms with Crippen molar-refractivity contribution in [3.05, 3.63) is 29.8 Å². The van der Waals surface area contributed by atoms with Crippen LogP contribution in [0.5, 0.6) is 5.75 Å². The summed E-state index contributed by atoms with van der Waals surface area (Å²) >= 11 is 3.18. The third-order valence-corrected chi connectivity index (χ3v) is 2.86. The van der Waals surface area contributed by atoms with E-state index in [2.05, 4.69) is 15.9 Å². The lowest BCUT2D eigenvalue weighted by molar-refractivity contribution is -0.128. The number of alkyl halides is 1. The molecule has 0 aliphatic heterocycles. The van der Waals surface area contributed by atoms with Crippen molar-refractivity contribution < 1.29 is 9.53 Å². The molecule has 4 heteroatoms. The largest absolute Gasteiger partial charge is 0.497 e. The van der Waals surface area contributed by atoms with Gasteiger partial charge in [-0.05, 0) is 24.6 Å². The van der Waals surface area contributed by atoms with Gasteiger partial charge in [0.1, 0.15) is 5.75 Å². The molecule has 88 valence electrons. The number of halogens is 1. The van der Waals surface area contributed by atoms with Gasteiger partial charge in [0.15, 0.2) is 0 Å². The SMILES string of the molecule is CCN(Cc1ccc(OC)cc1)C(=O)CBr. The number of hydrogen-bond acceptors (Lipinski definition) is 2. The minimum Gasteiger partial charge on any atom is -0.497 e. The van der Waals surface area contributed by atoms with Gasteiger partial charge in [0.2, 0.25) is 5.91 Å². The van der Waals surface area contributed by atoms with Crippen molar-refractivity contribution in [3.63, 3.8) is 0 Å². The maximum atomic E-state index is 11.5. The maximum Gasteiger partial charge on any atom is 0.233 e. The molecular formula is C12H16BrNO2. The quantitative estimate of drug-likeness (QED) is 0.778. The number of methoxy groups -OCH3 is 1. The summed E-state index contributed by atoms with van der Waals surface area (Å²) in [6, 6.07) is 7.76. The molecule has 0 fully saturated rings. The van der Waals surface area contributed by atoms with Crippen LogP contribution in [0.1, 0.15) is 12.5 Å². The molecule has 0 saturated heterocycles. The first kappa shape index (κ1) is 13.0. The standard InChI is InChI=1S/C12H16BrNO2/c1-3-14(12(15)8-13)9-10-4-6-11(16-2)7-5-10/h4-7H,3,8-9H2,1-2H3. The van der Waals surface area contributed by atoms with Crippen LogP contribution >= 0.6 is 15.9 Å². The fourth-order valence-electron chi connectivity index (χ4n) is 1.41. The molecule has 0 radical (unpaired) electrons. The van der Waals surface area contributed by atoms with Crippen LogP contribution in [0, 0.1) is 0 Å². The van der Waals surface area contributed by atoms with E-state index >= 15 is 0 Å². The number of nitrogens with zero attached hydrogens (tertiary/aromatic N) is 1. The average molecular weight is 286 g/mol. The fraction of sp³-hybridized carbons (Fsp3) is 0.417. The third-order valence-electron chi connectivity index (χ3n) is 2.38. The van der Waals surface area contributed by atoms with Gasteiger partial charge in [-0.2, -0.15) is 0 Å². The van der Waals surface area contributed by atoms with Crippen molar-refractivity contribution in [1.82, 2.24) is 4.90 Å². The number of ether oxygens (including phenoxy) is 1. The van der Waals surface area contributed by atoms with Gasteiger partial charge in [0.05, 0.1) is 12.4 Å². The van der Waals surface area contributed by atoms with Crippen molar-refractivity contribution in [3.8, 4) is 5.75 Å². The van der Waals surface area contributed by atoms with Crippen molar-refractivity contribution in [2.45, 2.75) is 13.5 Å². The van der Waals surface area contributed by atoms with Crippen LogP contribution < -0.4 is 4.74 Å². The zero-order valence-electron chi connectivity index (χ0n) is 9.57. The van der Waals surface area contributed by atoms with E-state index in [0.29, 0.717) is 11.9 Å². The molecule has 16 heavy (non-hydrogen) atoms. The summed E-state index contributed by atoms with van der Waals surface area (Å²) in [5, 5.41) is 0.372. The normalized spacial score (nSPS) is 9.94. The Balaban J connectivity index is 2.66. The first-order valence-electron chi connectivity index (χ1n) is 5.18. The van der Waals surface area contributed by atoms with Crippen LogP contribution in [0.3, 0.4) is 0 Å². The van der Waals surface area contributed by atoms with Gasteiger partial charge in [-0.25, -0.2) is 0 Å². The summed E-state index contributed by atoms with van der Waals surface area (Å²) in [7, 11) is 1.64. The smallest absolute Gasteiger partial charge is 0.233 e. The monoisotopic (exact) mass is 285 g/mol. The van der Waals surface area contributed by atoms with Crippen molar-refractivity contribution >= 4 is 21.8 Å². The molecule has 0 aliphatic carbocycles. The summed E-state index contributed by atoms with van der Waals surface area (Å²) in [4.78, 5) is 13.3. The highest BCUT2D eigenvalue weighted by molar-refractivity contribution is 9.09. The minimum atomic E-state index is 0.110. The molecule has 1 aromatic rings. The lowest BCUT2D eigenvalue weighted by Gasteiger charge is -2.19. The van der Waals surface area contributed by atoms with E-state index in [9.17, 15) is 4.79 Å². The van der Waals surface area contributed by atoms with Crippen LogP contribution in [-0.2, 0) is 11.3 Å². The molecular weight excluding hydrogens is 270 g/mol. The minimum absolute atomic E-state index is 0.110. The summed E-state index contributed by atoms with van der Waals surface area (Å²) < 4.78 is 5.08. The molecule has 0 saturated carbocycles. The van der Waals surface area contributed by atoms with Gasteiger partial charge in [-0.15, -0.1) is 0 Å². The van der Waals surface area contributed by atoms with Crippen LogP contribution in [-0.4, -0.2) is 29.8 Å². The molecule has 0 aromatic heterocycles. The first-order valence-corrected chi connectivity index (χ1v) is 6.30. The second-order valence-electron chi connectivity index (χ2n) is 3.39. The second-order valence-corrected chi connectivity index (χ2v) is 3.95. The van der Waals surface area contributed by atoms with E-state index in [-0.39, 0.29) is 5.91 Å². The van der Waals surface area contributed by atoms with Gasteiger partial charge >= 0.3 is 0 Å². The second kappa shape index (κ2) is 6.53. The highest BCUT2D eigenvalue weighted by Crippen LogP contribution is 2.13. The number of amides is 1. The average Bonchev–Trinajstić information content (AvgIpc) is 2.35. The summed E-state index contributed by atoms with van der Waals surface area (Å²) in [6.07, 6.45) is 0. The topological polar surface area (TPSA) is 29.5 Å². The molecule has 0 heterocycles. The molecule has 1 rings (SSSR count). The summed E-state index contributed by atoms with van der Waals surface area (Å²) in [6.45, 7) is 3.34. The van der Waals surface area contributed by atoms with E-state index in [4.69, 9.17) is 4.74 Å². The fourth-order valence-corrected chi connectivity index (χ4v) is 1.77. The first-order chi connectivity index (χ1) is 7.71. The zero-order chi connectivity index (χ0) is 12.0. The number of rotatable bonds is 5. The van der Waals surface area contributed by atoms with Gasteiger partial charge < -0.3 is 9.64 Å². The van der Waals surface area contributed by atoms with Crippen molar-refractivity contribution in [2.24, 2.45) is 0 Å². The molecule has 0 spiro atoms. The molecule has 0 unspecified atom stereocenters. The predicted molar refractivity (Wildman–Crippen MR) is 67.9 cm³/mol. The van der Waals surface area contributed by atoms with Crippen molar-refractivity contribution in [2.75, 3.05) is 19.0 Å². The Bertz CT molecular complexity index is 337. The molecule has 1 aromatic carbocycles. The van der Waals surface area contributed by atoms with Crippen LogP contribution in [0.15, 0.2) is 24.3 Å². The van der Waals surface area contributed by atoms with E-state index < -0.39 is 0 Å². The lowest BCUT2D eigenvalue weighted by atomic mass is 10.2. The van der Waals surface area contributed by atoms with E-state index in [1.165, 1.54) is 0 Å². The van der Waals surface area contributed by atoms with Crippen LogP contribution in [0.2, 0.25) is 0 Å². The number of carbonyl (C=O) groups is 1. The van der Waals surface area contributed by atoms with E-state index in [0.717, 1.165) is 17.9 Å². The Hall–Kier alpha value is -1.03. The Morgan fingerprint density at radius 1 is 1.38 bits per heavy atom. The van der Waals surface area contributed by atoms with E-state index in [1.54, 1.807) is 12.0 Å². The highest BCUT2D eigenvalue weighted by atomic mass is 79.9. The number of benzene rings is 1.